The van der Waals surface area contributed by atoms with Crippen LogP contribution in [0, 0.1) is 16.7 Å². The van der Waals surface area contributed by atoms with Crippen LogP contribution in [0.3, 0.4) is 0 Å². The zero-order valence-corrected chi connectivity index (χ0v) is 19.8. The van der Waals surface area contributed by atoms with Crippen LogP contribution in [0.2, 0.25) is 0 Å². The number of nitrogens with two attached hydrogens (primary N) is 1. The number of rotatable bonds is 3. The highest BCUT2D eigenvalue weighted by Gasteiger charge is 2.40. The van der Waals surface area contributed by atoms with Gasteiger partial charge in [-0.1, -0.05) is 32.9 Å². The van der Waals surface area contributed by atoms with Crippen molar-refractivity contribution in [2.24, 2.45) is 16.1 Å². The van der Waals surface area contributed by atoms with Crippen LogP contribution in [-0.4, -0.2) is 21.3 Å². The first kappa shape index (κ1) is 21.5. The first-order chi connectivity index (χ1) is 15.8. The van der Waals surface area contributed by atoms with E-state index in [0.717, 1.165) is 47.0 Å². The van der Waals surface area contributed by atoms with Gasteiger partial charge in [-0.3, -0.25) is 4.99 Å². The van der Waals surface area contributed by atoms with E-state index >= 15 is 0 Å². The molecule has 1 aromatic carbocycles. The molecule has 3 heterocycles. The van der Waals surface area contributed by atoms with Gasteiger partial charge in [-0.2, -0.15) is 5.26 Å². The summed E-state index contributed by atoms with van der Waals surface area (Å²) in [4.78, 5) is 9.66. The molecule has 1 saturated carbocycles. The summed E-state index contributed by atoms with van der Waals surface area (Å²) in [6.45, 7) is 8.64. The third-order valence-electron chi connectivity index (χ3n) is 6.72. The van der Waals surface area contributed by atoms with E-state index in [0.29, 0.717) is 11.5 Å². The summed E-state index contributed by atoms with van der Waals surface area (Å²) >= 11 is 0. The minimum absolute atomic E-state index is 0.185. The summed E-state index contributed by atoms with van der Waals surface area (Å²) in [7, 11) is 0. The van der Waals surface area contributed by atoms with Crippen molar-refractivity contribution in [3.05, 3.63) is 70.8 Å². The molecular weight excluding hydrogens is 410 g/mol. The number of benzene rings is 1. The van der Waals surface area contributed by atoms with Gasteiger partial charge in [-0.15, -0.1) is 0 Å². The molecule has 2 aliphatic heterocycles. The quantitative estimate of drug-likeness (QED) is 0.683. The lowest BCUT2D eigenvalue weighted by Crippen LogP contribution is -2.31. The predicted molar refractivity (Wildman–Crippen MR) is 129 cm³/mol. The number of allylic oxidation sites excluding steroid dienone is 3. The Hall–Kier alpha value is -3.33. The van der Waals surface area contributed by atoms with Gasteiger partial charge in [0.25, 0.3) is 0 Å². The summed E-state index contributed by atoms with van der Waals surface area (Å²) in [5, 5.41) is 10.1. The summed E-state index contributed by atoms with van der Waals surface area (Å²) in [6.07, 6.45) is 7.95. The smallest absolute Gasteiger partial charge is 0.205 e. The van der Waals surface area contributed by atoms with Crippen molar-refractivity contribution in [1.29, 1.82) is 5.26 Å². The molecule has 2 aromatic rings. The van der Waals surface area contributed by atoms with Crippen LogP contribution in [0.1, 0.15) is 76.6 Å². The molecule has 1 aliphatic carbocycles. The Kier molecular flexibility index (Phi) is 5.16. The molecule has 0 saturated heterocycles. The molecule has 3 aliphatic rings. The van der Waals surface area contributed by atoms with Gasteiger partial charge in [0.2, 0.25) is 5.88 Å². The van der Waals surface area contributed by atoms with E-state index < -0.39 is 0 Å². The van der Waals surface area contributed by atoms with Crippen molar-refractivity contribution in [2.45, 2.75) is 71.3 Å². The number of nitrogens with zero attached hydrogens (tertiary/aromatic N) is 4. The number of aromatic nitrogens is 2. The number of aliphatic imine (C=N–C) groups is 1. The zero-order valence-electron chi connectivity index (χ0n) is 19.8. The molecule has 2 atom stereocenters. The summed E-state index contributed by atoms with van der Waals surface area (Å²) in [5.74, 6) is 2.46. The highest BCUT2D eigenvalue weighted by Crippen LogP contribution is 2.45. The van der Waals surface area contributed by atoms with Gasteiger partial charge in [0.15, 0.2) is 0 Å². The fourth-order valence-electron chi connectivity index (χ4n) is 4.89. The lowest BCUT2D eigenvalue weighted by molar-refractivity contribution is 0.265. The van der Waals surface area contributed by atoms with Gasteiger partial charge in [-0.05, 0) is 43.9 Å². The van der Waals surface area contributed by atoms with Crippen LogP contribution in [0.5, 0.6) is 0 Å². The molecule has 1 aromatic heterocycles. The van der Waals surface area contributed by atoms with Crippen LogP contribution in [-0.2, 0) is 4.74 Å². The number of hydrogen-bond donors (Lipinski definition) is 1. The van der Waals surface area contributed by atoms with Crippen molar-refractivity contribution in [3.63, 3.8) is 0 Å². The van der Waals surface area contributed by atoms with E-state index in [2.05, 4.69) is 67.6 Å². The largest absolute Gasteiger partial charge is 0.444 e. The normalized spacial score (nSPS) is 23.4. The van der Waals surface area contributed by atoms with E-state index in [-0.39, 0.29) is 23.3 Å². The SMILES string of the molecule is CC1CCC2=C(C(C(C)(C)C)=N1)C(c1ccc(-n3ccnc3C3CC3)cc1)C(C#N)=C(N)O2. The molecule has 33 heavy (non-hydrogen) atoms. The van der Waals surface area contributed by atoms with Crippen molar-refractivity contribution < 1.29 is 4.74 Å². The maximum absolute atomic E-state index is 10.1. The second-order valence-electron chi connectivity index (χ2n) is 10.4. The average Bonchev–Trinajstić information content (AvgIpc) is 3.54. The van der Waals surface area contributed by atoms with Crippen molar-refractivity contribution >= 4 is 5.71 Å². The molecule has 170 valence electrons. The standard InChI is InChI=1S/C27H31N5O/c1-16-5-12-21-23(24(31-16)27(2,3)4)22(20(15-28)25(29)33-21)17-8-10-19(11-9-17)32-14-13-30-26(32)18-6-7-18/h8-11,13-14,16,18,22H,5-7,12,29H2,1-4H3. The Morgan fingerprint density at radius 2 is 1.88 bits per heavy atom. The fraction of sp³-hybridized carbons (Fsp3) is 0.444. The molecule has 2 N–H and O–H groups in total. The zero-order chi connectivity index (χ0) is 23.3. The Morgan fingerprint density at radius 3 is 2.52 bits per heavy atom. The topological polar surface area (TPSA) is 89.2 Å². The lowest BCUT2D eigenvalue weighted by Gasteiger charge is -2.33. The average molecular weight is 442 g/mol. The summed E-state index contributed by atoms with van der Waals surface area (Å²) < 4.78 is 8.22. The third kappa shape index (κ3) is 3.86. The molecule has 0 spiro atoms. The van der Waals surface area contributed by atoms with E-state index in [9.17, 15) is 5.26 Å². The summed E-state index contributed by atoms with van der Waals surface area (Å²) in [5.41, 5.74) is 10.7. The van der Waals surface area contributed by atoms with Gasteiger partial charge in [0.1, 0.15) is 23.2 Å². The Balaban J connectivity index is 1.61. The molecule has 2 unspecified atom stereocenters. The van der Waals surface area contributed by atoms with E-state index in [4.69, 9.17) is 15.5 Å². The second-order valence-corrected chi connectivity index (χ2v) is 10.4. The second kappa shape index (κ2) is 7.91. The van der Waals surface area contributed by atoms with Gasteiger partial charge >= 0.3 is 0 Å². The predicted octanol–water partition coefficient (Wildman–Crippen LogP) is 5.48. The summed E-state index contributed by atoms with van der Waals surface area (Å²) in [6, 6.07) is 10.9. The lowest BCUT2D eigenvalue weighted by atomic mass is 9.74. The Bertz CT molecular complexity index is 1210. The number of hydrogen-bond acceptors (Lipinski definition) is 5. The molecule has 6 heteroatoms. The maximum Gasteiger partial charge on any atom is 0.205 e. The van der Waals surface area contributed by atoms with Crippen LogP contribution in [0.15, 0.2) is 64.4 Å². The number of imidazole rings is 1. The fourth-order valence-corrected chi connectivity index (χ4v) is 4.89. The van der Waals surface area contributed by atoms with Crippen molar-refractivity contribution in [2.75, 3.05) is 0 Å². The third-order valence-corrected chi connectivity index (χ3v) is 6.72. The first-order valence-electron chi connectivity index (χ1n) is 11.8. The highest BCUT2D eigenvalue weighted by molar-refractivity contribution is 6.06. The Morgan fingerprint density at radius 1 is 1.15 bits per heavy atom. The van der Waals surface area contributed by atoms with Crippen LogP contribution < -0.4 is 5.73 Å². The van der Waals surface area contributed by atoms with Crippen molar-refractivity contribution in [3.8, 4) is 11.8 Å². The first-order valence-corrected chi connectivity index (χ1v) is 11.8. The minimum Gasteiger partial charge on any atom is -0.444 e. The van der Waals surface area contributed by atoms with Gasteiger partial charge in [0.05, 0.1) is 5.92 Å². The molecule has 0 amide bonds. The van der Waals surface area contributed by atoms with Gasteiger partial charge in [0, 0.05) is 53.2 Å². The molecule has 1 fully saturated rings. The van der Waals surface area contributed by atoms with Crippen molar-refractivity contribution in [1.82, 2.24) is 9.55 Å². The number of nitriles is 1. The number of ether oxygens (including phenoxy) is 1. The molecular formula is C27H31N5O. The molecule has 0 bridgehead atoms. The highest BCUT2D eigenvalue weighted by atomic mass is 16.5. The maximum atomic E-state index is 10.1. The molecule has 5 rings (SSSR count). The van der Waals surface area contributed by atoms with Gasteiger partial charge in [-0.25, -0.2) is 4.98 Å². The minimum atomic E-state index is -0.290. The van der Waals surface area contributed by atoms with E-state index in [1.165, 1.54) is 12.8 Å². The van der Waals surface area contributed by atoms with E-state index in [1.807, 2.05) is 12.4 Å². The van der Waals surface area contributed by atoms with Crippen LogP contribution in [0.4, 0.5) is 0 Å². The van der Waals surface area contributed by atoms with E-state index in [1.54, 1.807) is 0 Å². The van der Waals surface area contributed by atoms with Gasteiger partial charge < -0.3 is 15.0 Å². The molecule has 6 nitrogen and oxygen atoms in total. The van der Waals surface area contributed by atoms with Crippen LogP contribution in [0.25, 0.3) is 5.69 Å². The van der Waals surface area contributed by atoms with Crippen LogP contribution >= 0.6 is 0 Å². The Labute approximate surface area is 195 Å². The molecule has 0 radical (unpaired) electrons. The monoisotopic (exact) mass is 441 g/mol.